The Hall–Kier alpha value is -0.910. The van der Waals surface area contributed by atoms with Crippen molar-refractivity contribution < 1.29 is 0 Å². The molecule has 0 fully saturated rings. The third-order valence-corrected chi connectivity index (χ3v) is 4.12. The molecule has 3 nitrogen and oxygen atoms in total. The minimum atomic E-state index is 0.697. The molecule has 0 atom stereocenters. The third kappa shape index (κ3) is 3.52. The summed E-state index contributed by atoms with van der Waals surface area (Å²) in [5.41, 5.74) is 6.80. The minimum Gasteiger partial charge on any atom is -0.330 e. The quantitative estimate of drug-likeness (QED) is 0.903. The summed E-state index contributed by atoms with van der Waals surface area (Å²) in [5, 5.41) is 0. The van der Waals surface area contributed by atoms with E-state index in [4.69, 9.17) is 5.73 Å². The second kappa shape index (κ2) is 6.14. The molecule has 0 aliphatic carbocycles. The fourth-order valence-electron chi connectivity index (χ4n) is 1.41. The highest BCUT2D eigenvalue weighted by molar-refractivity contribution is 8.01. The molecule has 0 saturated heterocycles. The maximum atomic E-state index is 5.52. The van der Waals surface area contributed by atoms with Gasteiger partial charge in [0.1, 0.15) is 5.82 Å². The Kier molecular flexibility index (Phi) is 4.53. The zero-order valence-corrected chi connectivity index (χ0v) is 11.4. The number of aromatic nitrogens is 2. The number of hydrogen-bond donors (Lipinski definition) is 1. The van der Waals surface area contributed by atoms with Gasteiger partial charge < -0.3 is 5.73 Å². The molecule has 90 valence electrons. The number of hydrogen-bond acceptors (Lipinski definition) is 5. The minimum absolute atomic E-state index is 0.697. The van der Waals surface area contributed by atoms with Crippen LogP contribution >= 0.6 is 23.3 Å². The molecule has 1 aromatic carbocycles. The van der Waals surface area contributed by atoms with Crippen molar-refractivity contribution in [3.05, 3.63) is 35.7 Å². The van der Waals surface area contributed by atoms with Crippen molar-refractivity contribution in [2.45, 2.75) is 29.0 Å². The summed E-state index contributed by atoms with van der Waals surface area (Å²) >= 11 is 3.13. The molecule has 2 rings (SSSR count). The second-order valence-electron chi connectivity index (χ2n) is 3.61. The molecule has 0 bridgehead atoms. The lowest BCUT2D eigenvalue weighted by Crippen LogP contribution is -2.02. The van der Waals surface area contributed by atoms with Crippen LogP contribution in [0.15, 0.2) is 33.5 Å². The summed E-state index contributed by atoms with van der Waals surface area (Å²) < 4.78 is 5.28. The molecule has 0 unspecified atom stereocenters. The van der Waals surface area contributed by atoms with E-state index in [0.29, 0.717) is 6.54 Å². The van der Waals surface area contributed by atoms with Crippen molar-refractivity contribution in [1.29, 1.82) is 0 Å². The molecule has 1 aromatic heterocycles. The van der Waals surface area contributed by atoms with Crippen molar-refractivity contribution in [1.82, 2.24) is 9.36 Å². The molecular weight excluding hydrogens is 250 g/mol. The van der Waals surface area contributed by atoms with Crippen molar-refractivity contribution in [3.8, 4) is 0 Å². The van der Waals surface area contributed by atoms with Crippen molar-refractivity contribution in [3.63, 3.8) is 0 Å². The molecule has 1 heterocycles. The van der Waals surface area contributed by atoms with E-state index in [2.05, 4.69) is 40.5 Å². The lowest BCUT2D eigenvalue weighted by atomic mass is 10.2. The van der Waals surface area contributed by atoms with E-state index in [0.717, 1.165) is 23.0 Å². The highest BCUT2D eigenvalue weighted by Crippen LogP contribution is 2.29. The van der Waals surface area contributed by atoms with E-state index in [1.807, 2.05) is 0 Å². The molecule has 0 amide bonds. The van der Waals surface area contributed by atoms with Crippen molar-refractivity contribution >= 4 is 23.3 Å². The van der Waals surface area contributed by atoms with Gasteiger partial charge in [-0.2, -0.15) is 4.37 Å². The van der Waals surface area contributed by atoms with Crippen LogP contribution in [0.2, 0.25) is 0 Å². The van der Waals surface area contributed by atoms with Gasteiger partial charge in [0.05, 0.1) is 0 Å². The summed E-state index contributed by atoms with van der Waals surface area (Å²) in [6.07, 6.45) is 1.83. The molecule has 0 saturated carbocycles. The molecule has 0 aliphatic heterocycles. The molecule has 2 aromatic rings. The van der Waals surface area contributed by atoms with E-state index in [-0.39, 0.29) is 0 Å². The maximum absolute atomic E-state index is 5.52. The van der Waals surface area contributed by atoms with Crippen LogP contribution in [0.5, 0.6) is 0 Å². The maximum Gasteiger partial charge on any atom is 0.174 e. The van der Waals surface area contributed by atoms with Crippen molar-refractivity contribution in [2.75, 3.05) is 6.54 Å². The smallest absolute Gasteiger partial charge is 0.174 e. The summed E-state index contributed by atoms with van der Waals surface area (Å²) in [6, 6.07) is 8.47. The van der Waals surface area contributed by atoms with Gasteiger partial charge in [0, 0.05) is 11.3 Å². The zero-order chi connectivity index (χ0) is 12.1. The molecule has 2 N–H and O–H groups in total. The fraction of sp³-hybridized carbons (Fsp3) is 0.333. The first kappa shape index (κ1) is 12.5. The topological polar surface area (TPSA) is 51.8 Å². The van der Waals surface area contributed by atoms with Gasteiger partial charge in [0.2, 0.25) is 0 Å². The largest absolute Gasteiger partial charge is 0.330 e. The SMILES string of the molecule is CCc1nsc(Sc2ccc(CCN)cc2)n1. The van der Waals surface area contributed by atoms with Gasteiger partial charge in [0.25, 0.3) is 0 Å². The molecular formula is C12H15N3S2. The van der Waals surface area contributed by atoms with E-state index < -0.39 is 0 Å². The first-order valence-electron chi connectivity index (χ1n) is 5.61. The van der Waals surface area contributed by atoms with Crippen LogP contribution in [-0.4, -0.2) is 15.9 Å². The summed E-state index contributed by atoms with van der Waals surface area (Å²) in [4.78, 5) is 5.63. The highest BCUT2D eigenvalue weighted by Gasteiger charge is 2.04. The predicted molar refractivity (Wildman–Crippen MR) is 72.6 cm³/mol. The first-order chi connectivity index (χ1) is 8.31. The van der Waals surface area contributed by atoms with E-state index in [9.17, 15) is 0 Å². The van der Waals surface area contributed by atoms with Crippen LogP contribution < -0.4 is 5.73 Å². The molecule has 0 radical (unpaired) electrons. The van der Waals surface area contributed by atoms with Gasteiger partial charge in [-0.3, -0.25) is 0 Å². The van der Waals surface area contributed by atoms with Crippen LogP contribution in [0.1, 0.15) is 18.3 Å². The fourth-order valence-corrected chi connectivity index (χ4v) is 3.09. The Morgan fingerprint density at radius 3 is 2.65 bits per heavy atom. The van der Waals surface area contributed by atoms with E-state index in [1.54, 1.807) is 11.8 Å². The summed E-state index contributed by atoms with van der Waals surface area (Å²) in [6.45, 7) is 2.76. The van der Waals surface area contributed by atoms with Crippen LogP contribution in [0.25, 0.3) is 0 Å². The average Bonchev–Trinajstić information content (AvgIpc) is 2.80. The summed E-state index contributed by atoms with van der Waals surface area (Å²) in [5.74, 6) is 0.928. The second-order valence-corrected chi connectivity index (χ2v) is 5.69. The Bertz CT molecular complexity index is 465. The lowest BCUT2D eigenvalue weighted by Gasteiger charge is -2.00. The molecule has 0 spiro atoms. The van der Waals surface area contributed by atoms with Crippen molar-refractivity contribution in [2.24, 2.45) is 5.73 Å². The van der Waals surface area contributed by atoms with E-state index in [1.165, 1.54) is 22.0 Å². The molecule has 5 heteroatoms. The Balaban J connectivity index is 2.03. The van der Waals surface area contributed by atoms with Gasteiger partial charge in [-0.05, 0) is 42.2 Å². The number of aryl methyl sites for hydroxylation is 1. The third-order valence-electron chi connectivity index (χ3n) is 2.33. The molecule has 17 heavy (non-hydrogen) atoms. The van der Waals surface area contributed by atoms with Crippen LogP contribution in [0, 0.1) is 0 Å². The van der Waals surface area contributed by atoms with Crippen LogP contribution in [-0.2, 0) is 12.8 Å². The van der Waals surface area contributed by atoms with Crippen LogP contribution in [0.4, 0.5) is 0 Å². The normalized spacial score (nSPS) is 10.7. The first-order valence-corrected chi connectivity index (χ1v) is 7.20. The van der Waals surface area contributed by atoms with Gasteiger partial charge >= 0.3 is 0 Å². The zero-order valence-electron chi connectivity index (χ0n) is 9.72. The summed E-state index contributed by atoms with van der Waals surface area (Å²) in [7, 11) is 0. The van der Waals surface area contributed by atoms with Gasteiger partial charge in [-0.15, -0.1) is 0 Å². The number of nitrogens with zero attached hydrogens (tertiary/aromatic N) is 2. The van der Waals surface area contributed by atoms with Crippen LogP contribution in [0.3, 0.4) is 0 Å². The number of benzene rings is 1. The monoisotopic (exact) mass is 265 g/mol. The Morgan fingerprint density at radius 1 is 1.29 bits per heavy atom. The van der Waals surface area contributed by atoms with Gasteiger partial charge in [0.15, 0.2) is 4.34 Å². The predicted octanol–water partition coefficient (Wildman–Crippen LogP) is 2.75. The Labute approximate surface area is 110 Å². The lowest BCUT2D eigenvalue weighted by molar-refractivity contribution is 0.965. The highest BCUT2D eigenvalue weighted by atomic mass is 32.2. The van der Waals surface area contributed by atoms with Gasteiger partial charge in [-0.25, -0.2) is 4.98 Å². The molecule has 0 aliphatic rings. The average molecular weight is 265 g/mol. The Morgan fingerprint density at radius 2 is 2.06 bits per heavy atom. The standard InChI is InChI=1S/C12H15N3S2/c1-2-11-14-12(17-15-11)16-10-5-3-9(4-6-10)7-8-13/h3-6H,2,7-8,13H2,1H3. The number of nitrogens with two attached hydrogens (primary N) is 1. The van der Waals surface area contributed by atoms with E-state index >= 15 is 0 Å². The number of rotatable bonds is 5. The van der Waals surface area contributed by atoms with Gasteiger partial charge in [-0.1, -0.05) is 30.8 Å².